The molecule has 1 atom stereocenters. The Bertz CT molecular complexity index is 727. The van der Waals surface area contributed by atoms with Crippen molar-refractivity contribution in [2.75, 3.05) is 6.61 Å². The van der Waals surface area contributed by atoms with Crippen molar-refractivity contribution in [3.8, 4) is 5.75 Å². The van der Waals surface area contributed by atoms with Gasteiger partial charge >= 0.3 is 0 Å². The zero-order chi connectivity index (χ0) is 19.2. The van der Waals surface area contributed by atoms with Gasteiger partial charge in [-0.05, 0) is 51.5 Å². The van der Waals surface area contributed by atoms with Crippen molar-refractivity contribution in [1.82, 2.24) is 10.6 Å². The molecule has 0 bridgehead atoms. The van der Waals surface area contributed by atoms with E-state index in [1.807, 2.05) is 57.2 Å². The van der Waals surface area contributed by atoms with E-state index in [1.165, 1.54) is 5.56 Å². The van der Waals surface area contributed by atoms with Crippen molar-refractivity contribution < 1.29 is 9.53 Å². The predicted molar refractivity (Wildman–Crippen MR) is 109 cm³/mol. The third kappa shape index (κ3) is 6.81. The number of carbonyl (C=O) groups is 1. The molecular formula is C21H27BrN2O2. The van der Waals surface area contributed by atoms with E-state index in [9.17, 15) is 4.79 Å². The molecule has 2 rings (SSSR count). The van der Waals surface area contributed by atoms with Crippen molar-refractivity contribution in [2.45, 2.75) is 45.8 Å². The van der Waals surface area contributed by atoms with Crippen LogP contribution in [-0.4, -0.2) is 18.1 Å². The van der Waals surface area contributed by atoms with Gasteiger partial charge in [-0.2, -0.15) is 0 Å². The first kappa shape index (κ1) is 20.5. The van der Waals surface area contributed by atoms with Crippen LogP contribution in [0.2, 0.25) is 0 Å². The standard InChI is InChI=1S/C21H27BrN2O2/c1-15(16-8-6-5-7-9-16)23-13-17-12-18(22)10-11-19(17)26-14-20(25)24-21(2,3)4/h5-12,15,23H,13-14H2,1-4H3,(H,24,25). The van der Waals surface area contributed by atoms with Crippen LogP contribution in [0.4, 0.5) is 0 Å². The topological polar surface area (TPSA) is 50.4 Å². The first-order valence-electron chi connectivity index (χ1n) is 8.75. The third-order valence-electron chi connectivity index (χ3n) is 3.79. The maximum Gasteiger partial charge on any atom is 0.258 e. The Morgan fingerprint density at radius 2 is 1.85 bits per heavy atom. The lowest BCUT2D eigenvalue weighted by Gasteiger charge is -2.21. The number of ether oxygens (including phenoxy) is 1. The van der Waals surface area contributed by atoms with Crippen molar-refractivity contribution in [3.05, 3.63) is 64.1 Å². The van der Waals surface area contributed by atoms with Gasteiger partial charge in [-0.25, -0.2) is 0 Å². The number of nitrogens with one attached hydrogen (secondary N) is 2. The van der Waals surface area contributed by atoms with Gasteiger partial charge in [0.05, 0.1) is 0 Å². The first-order valence-corrected chi connectivity index (χ1v) is 9.54. The molecule has 2 N–H and O–H groups in total. The van der Waals surface area contributed by atoms with Crippen LogP contribution in [0.3, 0.4) is 0 Å². The average molecular weight is 419 g/mol. The monoisotopic (exact) mass is 418 g/mol. The van der Waals surface area contributed by atoms with Gasteiger partial charge in [-0.15, -0.1) is 0 Å². The van der Waals surface area contributed by atoms with Gasteiger partial charge in [0, 0.05) is 28.2 Å². The van der Waals surface area contributed by atoms with E-state index in [0.717, 1.165) is 10.0 Å². The van der Waals surface area contributed by atoms with Crippen LogP contribution in [-0.2, 0) is 11.3 Å². The molecule has 0 aliphatic rings. The van der Waals surface area contributed by atoms with E-state index in [1.54, 1.807) is 0 Å². The van der Waals surface area contributed by atoms with Crippen LogP contribution in [0.1, 0.15) is 44.9 Å². The second-order valence-corrected chi connectivity index (χ2v) is 8.27. The summed E-state index contributed by atoms with van der Waals surface area (Å²) in [7, 11) is 0. The Kier molecular flexibility index (Phi) is 7.23. The highest BCUT2D eigenvalue weighted by molar-refractivity contribution is 9.10. The van der Waals surface area contributed by atoms with E-state index in [2.05, 4.69) is 45.6 Å². The quantitative estimate of drug-likeness (QED) is 0.690. The summed E-state index contributed by atoms with van der Waals surface area (Å²) in [6, 6.07) is 16.3. The smallest absolute Gasteiger partial charge is 0.258 e. The lowest BCUT2D eigenvalue weighted by molar-refractivity contribution is -0.124. The molecule has 0 fully saturated rings. The Morgan fingerprint density at radius 1 is 1.15 bits per heavy atom. The molecule has 4 nitrogen and oxygen atoms in total. The molecule has 26 heavy (non-hydrogen) atoms. The Labute approximate surface area is 164 Å². The summed E-state index contributed by atoms with van der Waals surface area (Å²) in [6.07, 6.45) is 0. The summed E-state index contributed by atoms with van der Waals surface area (Å²) in [5, 5.41) is 6.41. The van der Waals surface area contributed by atoms with Crippen LogP contribution < -0.4 is 15.4 Å². The van der Waals surface area contributed by atoms with Crippen molar-refractivity contribution in [1.29, 1.82) is 0 Å². The SMILES string of the molecule is CC(NCc1cc(Br)ccc1OCC(=O)NC(C)(C)C)c1ccccc1. The molecule has 2 aromatic carbocycles. The van der Waals surface area contributed by atoms with E-state index in [4.69, 9.17) is 4.74 Å². The van der Waals surface area contributed by atoms with Gasteiger partial charge in [-0.3, -0.25) is 4.79 Å². The lowest BCUT2D eigenvalue weighted by atomic mass is 10.1. The van der Waals surface area contributed by atoms with E-state index < -0.39 is 0 Å². The minimum absolute atomic E-state index is 0.000140. The second-order valence-electron chi connectivity index (χ2n) is 7.35. The highest BCUT2D eigenvalue weighted by Gasteiger charge is 2.15. The maximum absolute atomic E-state index is 12.0. The van der Waals surface area contributed by atoms with Crippen molar-refractivity contribution in [2.24, 2.45) is 0 Å². The van der Waals surface area contributed by atoms with Gasteiger partial charge in [0.15, 0.2) is 6.61 Å². The number of hydrogen-bond acceptors (Lipinski definition) is 3. The van der Waals surface area contributed by atoms with E-state index >= 15 is 0 Å². The Balaban J connectivity index is 1.99. The fourth-order valence-corrected chi connectivity index (χ4v) is 2.96. The third-order valence-corrected chi connectivity index (χ3v) is 4.29. The molecule has 5 heteroatoms. The number of benzene rings is 2. The lowest BCUT2D eigenvalue weighted by Crippen LogP contribution is -2.43. The van der Waals surface area contributed by atoms with Gasteiger partial charge in [-0.1, -0.05) is 46.3 Å². The summed E-state index contributed by atoms with van der Waals surface area (Å²) in [4.78, 5) is 12.0. The largest absolute Gasteiger partial charge is 0.483 e. The number of rotatable bonds is 7. The number of hydrogen-bond donors (Lipinski definition) is 2. The molecule has 0 aliphatic carbocycles. The summed E-state index contributed by atoms with van der Waals surface area (Å²) >= 11 is 3.51. The minimum atomic E-state index is -0.268. The first-order chi connectivity index (χ1) is 12.2. The Morgan fingerprint density at radius 3 is 2.50 bits per heavy atom. The summed E-state index contributed by atoms with van der Waals surface area (Å²) in [5.41, 5.74) is 1.97. The van der Waals surface area contributed by atoms with Gasteiger partial charge in [0.2, 0.25) is 0 Å². The highest BCUT2D eigenvalue weighted by Crippen LogP contribution is 2.24. The number of amides is 1. The van der Waals surface area contributed by atoms with Crippen LogP contribution in [0.15, 0.2) is 53.0 Å². The van der Waals surface area contributed by atoms with E-state index in [0.29, 0.717) is 12.3 Å². The second kappa shape index (κ2) is 9.19. The molecule has 1 amide bonds. The van der Waals surface area contributed by atoms with E-state index in [-0.39, 0.29) is 24.1 Å². The fraction of sp³-hybridized carbons (Fsp3) is 0.381. The molecule has 1 unspecified atom stereocenters. The fourth-order valence-electron chi connectivity index (χ4n) is 2.55. The molecule has 2 aromatic rings. The normalized spacial score (nSPS) is 12.5. The molecule has 0 aliphatic heterocycles. The minimum Gasteiger partial charge on any atom is -0.483 e. The molecule has 0 heterocycles. The van der Waals surface area contributed by atoms with Gasteiger partial charge in [0.1, 0.15) is 5.75 Å². The van der Waals surface area contributed by atoms with Crippen molar-refractivity contribution in [3.63, 3.8) is 0 Å². The van der Waals surface area contributed by atoms with Crippen molar-refractivity contribution >= 4 is 21.8 Å². The maximum atomic E-state index is 12.0. The number of carbonyl (C=O) groups excluding carboxylic acids is 1. The summed E-state index contributed by atoms with van der Waals surface area (Å²) < 4.78 is 6.74. The predicted octanol–water partition coefficient (Wildman–Crippen LogP) is 4.59. The van der Waals surface area contributed by atoms with Crippen LogP contribution in [0.5, 0.6) is 5.75 Å². The molecule has 0 radical (unpaired) electrons. The van der Waals surface area contributed by atoms with Gasteiger partial charge in [0.25, 0.3) is 5.91 Å². The molecular weight excluding hydrogens is 392 g/mol. The van der Waals surface area contributed by atoms with Crippen LogP contribution >= 0.6 is 15.9 Å². The molecule has 0 spiro atoms. The van der Waals surface area contributed by atoms with Crippen LogP contribution in [0.25, 0.3) is 0 Å². The highest BCUT2D eigenvalue weighted by atomic mass is 79.9. The van der Waals surface area contributed by atoms with Gasteiger partial charge < -0.3 is 15.4 Å². The zero-order valence-corrected chi connectivity index (χ0v) is 17.4. The zero-order valence-electron chi connectivity index (χ0n) is 15.8. The Hall–Kier alpha value is -1.85. The molecule has 0 saturated heterocycles. The molecule has 0 aromatic heterocycles. The molecule has 0 saturated carbocycles. The average Bonchev–Trinajstić information content (AvgIpc) is 2.58. The number of halogens is 1. The molecule has 140 valence electrons. The summed E-state index contributed by atoms with van der Waals surface area (Å²) in [5.74, 6) is 0.585. The van der Waals surface area contributed by atoms with Crippen LogP contribution in [0, 0.1) is 0 Å². The summed E-state index contributed by atoms with van der Waals surface area (Å²) in [6.45, 7) is 8.62.